The zero-order valence-corrected chi connectivity index (χ0v) is 14.4. The molecule has 0 aromatic heterocycles. The fourth-order valence-corrected chi connectivity index (χ4v) is 4.67. The lowest BCUT2D eigenvalue weighted by Gasteiger charge is -2.35. The van der Waals surface area contributed by atoms with Crippen LogP contribution in [-0.4, -0.2) is 49.2 Å². The molecule has 0 radical (unpaired) electrons. The molecule has 3 rings (SSSR count). The van der Waals surface area contributed by atoms with E-state index in [4.69, 9.17) is 4.74 Å². The topological polar surface area (TPSA) is 24.5 Å². The lowest BCUT2D eigenvalue weighted by atomic mass is 10.0. The third kappa shape index (κ3) is 4.18. The summed E-state index contributed by atoms with van der Waals surface area (Å²) in [6, 6.07) is 9.87. The van der Waals surface area contributed by atoms with Gasteiger partial charge in [-0.15, -0.1) is 0 Å². The van der Waals surface area contributed by atoms with Gasteiger partial charge in [0.2, 0.25) is 0 Å². The van der Waals surface area contributed by atoms with E-state index in [1.807, 2.05) is 0 Å². The van der Waals surface area contributed by atoms with Crippen LogP contribution in [0.5, 0.6) is 5.75 Å². The summed E-state index contributed by atoms with van der Waals surface area (Å²) in [7, 11) is 1.73. The minimum atomic E-state index is 0.497. The highest BCUT2D eigenvalue weighted by atomic mass is 32.2. The normalized spacial score (nSPS) is 24.3. The Kier molecular flexibility index (Phi) is 6.04. The number of hydrogen-bond acceptors (Lipinski definition) is 4. The maximum absolute atomic E-state index is 5.30. The van der Waals surface area contributed by atoms with Crippen LogP contribution < -0.4 is 10.1 Å². The van der Waals surface area contributed by atoms with Crippen molar-refractivity contribution in [3.63, 3.8) is 0 Å². The van der Waals surface area contributed by atoms with E-state index in [-0.39, 0.29) is 0 Å². The van der Waals surface area contributed by atoms with Gasteiger partial charge in [0, 0.05) is 24.4 Å². The molecule has 22 heavy (non-hydrogen) atoms. The first-order valence-electron chi connectivity index (χ1n) is 8.56. The van der Waals surface area contributed by atoms with Crippen LogP contribution >= 0.6 is 11.8 Å². The molecule has 2 heterocycles. The quantitative estimate of drug-likeness (QED) is 0.869. The largest absolute Gasteiger partial charge is 0.497 e. The summed E-state index contributed by atoms with van der Waals surface area (Å²) in [5.41, 5.74) is 1.42. The Hall–Kier alpha value is -0.710. The van der Waals surface area contributed by atoms with Gasteiger partial charge >= 0.3 is 0 Å². The summed E-state index contributed by atoms with van der Waals surface area (Å²) < 4.78 is 5.30. The Balaban J connectivity index is 1.68. The van der Waals surface area contributed by atoms with Crippen LogP contribution in [0.15, 0.2) is 24.3 Å². The number of nitrogens with one attached hydrogen (secondary N) is 1. The van der Waals surface area contributed by atoms with Gasteiger partial charge < -0.3 is 10.1 Å². The molecule has 2 unspecified atom stereocenters. The fraction of sp³-hybridized carbons (Fsp3) is 0.667. The van der Waals surface area contributed by atoms with Crippen molar-refractivity contribution in [2.45, 2.75) is 37.8 Å². The van der Waals surface area contributed by atoms with Gasteiger partial charge in [0.05, 0.1) is 7.11 Å². The van der Waals surface area contributed by atoms with Crippen LogP contribution in [0.25, 0.3) is 0 Å². The number of ether oxygens (including phenoxy) is 1. The van der Waals surface area contributed by atoms with Crippen LogP contribution in [0.2, 0.25) is 0 Å². The number of thioether (sulfide) groups is 1. The van der Waals surface area contributed by atoms with Crippen molar-refractivity contribution in [2.75, 3.05) is 38.2 Å². The first-order valence-corrected chi connectivity index (χ1v) is 9.71. The third-order valence-corrected chi connectivity index (χ3v) is 6.02. The summed E-state index contributed by atoms with van der Waals surface area (Å²) in [6.45, 7) is 3.53. The third-order valence-electron chi connectivity index (χ3n) is 4.86. The molecule has 3 nitrogen and oxygen atoms in total. The molecule has 2 aliphatic rings. The van der Waals surface area contributed by atoms with Crippen molar-refractivity contribution in [1.29, 1.82) is 0 Å². The fourth-order valence-electron chi connectivity index (χ4n) is 3.49. The van der Waals surface area contributed by atoms with Crippen molar-refractivity contribution >= 4 is 11.8 Å². The monoisotopic (exact) mass is 320 g/mol. The van der Waals surface area contributed by atoms with Crippen LogP contribution in [-0.2, 0) is 0 Å². The van der Waals surface area contributed by atoms with Gasteiger partial charge in [-0.25, -0.2) is 0 Å². The van der Waals surface area contributed by atoms with Crippen molar-refractivity contribution in [3.8, 4) is 5.75 Å². The van der Waals surface area contributed by atoms with Crippen LogP contribution in [0.3, 0.4) is 0 Å². The smallest absolute Gasteiger partial charge is 0.118 e. The standard InChI is InChI=1S/C18H28N2OS/c1-21-17-7-5-15(6-8-17)18(20-10-3-2-4-11-20)13-19-16-9-12-22-14-16/h5-8,16,18-19H,2-4,9-14H2,1H3. The average molecular weight is 321 g/mol. The summed E-state index contributed by atoms with van der Waals surface area (Å²) in [5.74, 6) is 3.53. The number of piperidine rings is 1. The highest BCUT2D eigenvalue weighted by Crippen LogP contribution is 2.26. The lowest BCUT2D eigenvalue weighted by molar-refractivity contribution is 0.158. The van der Waals surface area contributed by atoms with Crippen LogP contribution in [0.1, 0.15) is 37.3 Å². The Morgan fingerprint density at radius 1 is 1.23 bits per heavy atom. The van der Waals surface area contributed by atoms with Crippen molar-refractivity contribution in [1.82, 2.24) is 10.2 Å². The minimum Gasteiger partial charge on any atom is -0.497 e. The lowest BCUT2D eigenvalue weighted by Crippen LogP contribution is -2.42. The SMILES string of the molecule is COc1ccc(C(CNC2CCSC2)N2CCCCC2)cc1. The number of benzene rings is 1. The molecule has 2 fully saturated rings. The molecule has 0 bridgehead atoms. The Bertz CT molecular complexity index is 439. The van der Waals surface area contributed by atoms with E-state index in [1.54, 1.807) is 7.11 Å². The van der Waals surface area contributed by atoms with Gasteiger partial charge in [-0.05, 0) is 55.8 Å². The predicted octanol–water partition coefficient (Wildman–Crippen LogP) is 3.32. The van der Waals surface area contributed by atoms with E-state index < -0.39 is 0 Å². The molecule has 0 spiro atoms. The number of likely N-dealkylation sites (tertiary alicyclic amines) is 1. The number of hydrogen-bond donors (Lipinski definition) is 1. The van der Waals surface area contributed by atoms with E-state index in [2.05, 4.69) is 46.2 Å². The summed E-state index contributed by atoms with van der Waals surface area (Å²) in [5, 5.41) is 3.81. The molecular formula is C18H28N2OS. The van der Waals surface area contributed by atoms with Crippen LogP contribution in [0, 0.1) is 0 Å². The van der Waals surface area contributed by atoms with Crippen LogP contribution in [0.4, 0.5) is 0 Å². The maximum Gasteiger partial charge on any atom is 0.118 e. The molecule has 122 valence electrons. The van der Waals surface area contributed by atoms with Gasteiger partial charge in [0.25, 0.3) is 0 Å². The second kappa shape index (κ2) is 8.23. The minimum absolute atomic E-state index is 0.497. The van der Waals surface area contributed by atoms with Gasteiger partial charge in [-0.3, -0.25) is 4.90 Å². The first-order chi connectivity index (χ1) is 10.9. The Labute approximate surface area is 138 Å². The molecule has 4 heteroatoms. The molecule has 2 aliphatic heterocycles. The molecule has 2 saturated heterocycles. The second-order valence-corrected chi connectivity index (χ2v) is 7.50. The molecule has 0 aliphatic carbocycles. The number of rotatable bonds is 6. The van der Waals surface area contributed by atoms with Gasteiger partial charge in [0.1, 0.15) is 5.75 Å². The Morgan fingerprint density at radius 3 is 2.64 bits per heavy atom. The summed E-state index contributed by atoms with van der Waals surface area (Å²) >= 11 is 2.08. The molecular weight excluding hydrogens is 292 g/mol. The van der Waals surface area contributed by atoms with E-state index in [0.29, 0.717) is 12.1 Å². The van der Waals surface area contributed by atoms with E-state index >= 15 is 0 Å². The maximum atomic E-state index is 5.30. The van der Waals surface area contributed by atoms with Crippen molar-refractivity contribution < 1.29 is 4.74 Å². The Morgan fingerprint density at radius 2 is 2.00 bits per heavy atom. The summed E-state index contributed by atoms with van der Waals surface area (Å²) in [6.07, 6.45) is 5.39. The van der Waals surface area contributed by atoms with Crippen molar-refractivity contribution in [2.24, 2.45) is 0 Å². The van der Waals surface area contributed by atoms with E-state index in [0.717, 1.165) is 12.3 Å². The van der Waals surface area contributed by atoms with E-state index in [9.17, 15) is 0 Å². The van der Waals surface area contributed by atoms with Gasteiger partial charge in [-0.2, -0.15) is 11.8 Å². The zero-order chi connectivity index (χ0) is 15.2. The van der Waals surface area contributed by atoms with Crippen molar-refractivity contribution in [3.05, 3.63) is 29.8 Å². The molecule has 0 amide bonds. The average Bonchev–Trinajstić information content (AvgIpc) is 3.10. The predicted molar refractivity (Wildman–Crippen MR) is 94.9 cm³/mol. The molecule has 1 aromatic carbocycles. The molecule has 0 saturated carbocycles. The van der Waals surface area contributed by atoms with Gasteiger partial charge in [0.15, 0.2) is 0 Å². The zero-order valence-electron chi connectivity index (χ0n) is 13.6. The second-order valence-electron chi connectivity index (χ2n) is 6.35. The highest BCUT2D eigenvalue weighted by Gasteiger charge is 2.24. The highest BCUT2D eigenvalue weighted by molar-refractivity contribution is 7.99. The summed E-state index contributed by atoms with van der Waals surface area (Å²) in [4.78, 5) is 2.67. The number of nitrogens with zero attached hydrogens (tertiary/aromatic N) is 1. The van der Waals surface area contributed by atoms with Gasteiger partial charge in [-0.1, -0.05) is 18.6 Å². The molecule has 2 atom stereocenters. The molecule has 1 aromatic rings. The first kappa shape index (κ1) is 16.2. The van der Waals surface area contributed by atoms with E-state index in [1.165, 1.54) is 55.8 Å². The number of methoxy groups -OCH3 is 1. The molecule has 1 N–H and O–H groups in total.